The Balaban J connectivity index is 0.932. The summed E-state index contributed by atoms with van der Waals surface area (Å²) in [5, 5.41) is 11.1. The summed E-state index contributed by atoms with van der Waals surface area (Å²) in [7, 11) is 0. The van der Waals surface area contributed by atoms with Gasteiger partial charge in [-0.1, -0.05) is 151 Å². The van der Waals surface area contributed by atoms with Gasteiger partial charge in [-0.05, 0) is 117 Å². The van der Waals surface area contributed by atoms with Crippen molar-refractivity contribution in [2.45, 2.75) is 52.4 Å². The van der Waals surface area contributed by atoms with Gasteiger partial charge in [0.1, 0.15) is 22.3 Å². The van der Waals surface area contributed by atoms with Crippen molar-refractivity contribution in [1.82, 2.24) is 0 Å². The first-order valence-corrected chi connectivity index (χ1v) is 23.9. The number of hydrogen-bond acceptors (Lipinski definition) is 5. The highest BCUT2D eigenvalue weighted by Gasteiger charge is 2.26. The van der Waals surface area contributed by atoms with Gasteiger partial charge in [-0.25, -0.2) is 0 Å². The normalized spacial score (nSPS) is 12.5. The molecule has 0 saturated heterocycles. The van der Waals surface area contributed by atoms with Crippen LogP contribution in [0.4, 0.5) is 34.1 Å². The van der Waals surface area contributed by atoms with Gasteiger partial charge in [0, 0.05) is 66.2 Å². The molecule has 0 radical (unpaired) electrons. The summed E-state index contributed by atoms with van der Waals surface area (Å²) < 4.78 is 20.7. The first-order chi connectivity index (χ1) is 33.5. The fourth-order valence-electron chi connectivity index (χ4n) is 10.7. The van der Waals surface area contributed by atoms with Crippen molar-refractivity contribution in [3.63, 3.8) is 0 Å². The molecule has 69 heavy (non-hydrogen) atoms. The molecule has 10 aromatic carbocycles. The van der Waals surface area contributed by atoms with E-state index < -0.39 is 0 Å². The van der Waals surface area contributed by atoms with Crippen molar-refractivity contribution in [3.8, 4) is 0 Å². The zero-order valence-corrected chi connectivity index (χ0v) is 39.6. The fraction of sp³-hybridized carbons (Fsp3) is 0.125. The molecule has 0 bridgehead atoms. The molecule has 0 aliphatic carbocycles. The molecule has 0 unspecified atom stereocenters. The lowest BCUT2D eigenvalue weighted by Gasteiger charge is -2.26. The summed E-state index contributed by atoms with van der Waals surface area (Å²) >= 11 is 0. The molecule has 0 aliphatic rings. The van der Waals surface area contributed by atoms with Crippen molar-refractivity contribution in [1.29, 1.82) is 0 Å². The van der Waals surface area contributed by atoms with Gasteiger partial charge in [0.2, 0.25) is 0 Å². The second-order valence-corrected chi connectivity index (χ2v) is 20.6. The summed E-state index contributed by atoms with van der Waals surface area (Å²) in [5.41, 5.74) is 13.7. The number of fused-ring (bicyclic) bond motifs is 11. The standard InChI is InChI=1S/C64H50N2O3/c1-63(2,3)53-25-13-21-47-49-23-15-27-55(61(49)68-59(47)53)65(43-17-9-7-10-18-43)45-31-29-39-35-51-52-36-40-30-32-46(34-42(40)38-58(52)67-57(51)37-41(39)33-45)66(44-19-11-8-12-20-44)56-28-16-24-50-48-22-14-26-54(64(4,5)6)60(48)69-62(50)56/h7-38H,1-6H3. The monoisotopic (exact) mass is 894 g/mol. The van der Waals surface area contributed by atoms with Gasteiger partial charge in [-0.3, -0.25) is 0 Å². The third-order valence-electron chi connectivity index (χ3n) is 14.0. The molecule has 0 fully saturated rings. The smallest absolute Gasteiger partial charge is 0.159 e. The van der Waals surface area contributed by atoms with Gasteiger partial charge in [-0.2, -0.15) is 0 Å². The van der Waals surface area contributed by atoms with Gasteiger partial charge >= 0.3 is 0 Å². The molecule has 0 saturated carbocycles. The first-order valence-electron chi connectivity index (χ1n) is 23.9. The Bertz CT molecular complexity index is 3890. The summed E-state index contributed by atoms with van der Waals surface area (Å²) in [6.45, 7) is 13.5. The van der Waals surface area contributed by atoms with Crippen molar-refractivity contribution < 1.29 is 13.3 Å². The Labute approximate surface area is 400 Å². The maximum Gasteiger partial charge on any atom is 0.159 e. The number of furan rings is 3. The molecule has 0 N–H and O–H groups in total. The van der Waals surface area contributed by atoms with Crippen LogP contribution in [-0.2, 0) is 10.8 Å². The van der Waals surface area contributed by atoms with E-state index in [0.717, 1.165) is 121 Å². The minimum absolute atomic E-state index is 0.0734. The van der Waals surface area contributed by atoms with Crippen LogP contribution in [0.15, 0.2) is 207 Å². The van der Waals surface area contributed by atoms with E-state index in [2.05, 4.69) is 245 Å². The zero-order chi connectivity index (χ0) is 46.8. The van der Waals surface area contributed by atoms with Crippen molar-refractivity contribution >= 4 is 121 Å². The van der Waals surface area contributed by atoms with Crippen LogP contribution in [0, 0.1) is 0 Å². The number of para-hydroxylation sites is 6. The number of hydrogen-bond donors (Lipinski definition) is 0. The molecule has 13 aromatic rings. The number of anilines is 6. The van der Waals surface area contributed by atoms with Gasteiger partial charge in [0.05, 0.1) is 11.4 Å². The minimum Gasteiger partial charge on any atom is -0.456 e. The molecule has 0 aliphatic heterocycles. The van der Waals surface area contributed by atoms with E-state index in [1.807, 2.05) is 0 Å². The predicted molar refractivity (Wildman–Crippen MR) is 290 cm³/mol. The third-order valence-corrected chi connectivity index (χ3v) is 14.0. The van der Waals surface area contributed by atoms with Crippen LogP contribution < -0.4 is 9.80 Å². The molecule has 0 atom stereocenters. The highest BCUT2D eigenvalue weighted by atomic mass is 16.3. The summed E-state index contributed by atoms with van der Waals surface area (Å²) in [4.78, 5) is 4.62. The van der Waals surface area contributed by atoms with Gasteiger partial charge < -0.3 is 23.1 Å². The molecule has 3 aromatic heterocycles. The quantitative estimate of drug-likeness (QED) is 0.166. The molecule has 3 heterocycles. The highest BCUT2D eigenvalue weighted by molar-refractivity contribution is 6.16. The average molecular weight is 895 g/mol. The number of nitrogens with zero attached hydrogens (tertiary/aromatic N) is 2. The molecule has 0 amide bonds. The van der Waals surface area contributed by atoms with E-state index in [-0.39, 0.29) is 10.8 Å². The zero-order valence-electron chi connectivity index (χ0n) is 39.6. The van der Waals surface area contributed by atoms with Crippen LogP contribution in [0.1, 0.15) is 52.7 Å². The van der Waals surface area contributed by atoms with Crippen LogP contribution in [0.5, 0.6) is 0 Å². The van der Waals surface area contributed by atoms with Crippen LogP contribution in [0.2, 0.25) is 0 Å². The van der Waals surface area contributed by atoms with E-state index in [1.54, 1.807) is 0 Å². The van der Waals surface area contributed by atoms with Crippen molar-refractivity contribution in [2.24, 2.45) is 0 Å². The van der Waals surface area contributed by atoms with E-state index in [4.69, 9.17) is 13.3 Å². The predicted octanol–water partition coefficient (Wildman–Crippen LogP) is 19.2. The first kappa shape index (κ1) is 41.0. The summed E-state index contributed by atoms with van der Waals surface area (Å²) in [6.07, 6.45) is 0. The largest absolute Gasteiger partial charge is 0.456 e. The lowest BCUT2D eigenvalue weighted by atomic mass is 9.86. The fourth-order valence-corrected chi connectivity index (χ4v) is 10.7. The van der Waals surface area contributed by atoms with E-state index in [9.17, 15) is 0 Å². The number of benzene rings is 10. The average Bonchev–Trinajstić information content (AvgIpc) is 4.04. The number of rotatable bonds is 6. The Morgan fingerprint density at radius 1 is 0.290 bits per heavy atom. The minimum atomic E-state index is -0.0734. The molecule has 13 rings (SSSR count). The summed E-state index contributed by atoms with van der Waals surface area (Å²) in [6, 6.07) is 69.5. The van der Waals surface area contributed by atoms with Crippen LogP contribution in [-0.4, -0.2) is 0 Å². The van der Waals surface area contributed by atoms with Crippen LogP contribution in [0.3, 0.4) is 0 Å². The van der Waals surface area contributed by atoms with E-state index in [1.165, 1.54) is 11.1 Å². The molecule has 0 spiro atoms. The molecule has 5 nitrogen and oxygen atoms in total. The van der Waals surface area contributed by atoms with Gasteiger partial charge in [0.15, 0.2) is 11.2 Å². The van der Waals surface area contributed by atoms with E-state index in [0.29, 0.717) is 0 Å². The molecular formula is C64H50N2O3. The van der Waals surface area contributed by atoms with Gasteiger partial charge in [-0.15, -0.1) is 0 Å². The Hall–Kier alpha value is -8.28. The van der Waals surface area contributed by atoms with Crippen molar-refractivity contribution in [3.05, 3.63) is 205 Å². The Morgan fingerprint density at radius 3 is 1.09 bits per heavy atom. The maximum atomic E-state index is 6.92. The molecule has 5 heteroatoms. The highest BCUT2D eigenvalue weighted by Crippen LogP contribution is 2.47. The lowest BCUT2D eigenvalue weighted by molar-refractivity contribution is 0.572. The van der Waals surface area contributed by atoms with Crippen LogP contribution >= 0.6 is 0 Å². The molecular weight excluding hydrogens is 845 g/mol. The second-order valence-electron chi connectivity index (χ2n) is 20.6. The topological polar surface area (TPSA) is 45.9 Å². The lowest BCUT2D eigenvalue weighted by Crippen LogP contribution is -2.11. The molecule has 334 valence electrons. The van der Waals surface area contributed by atoms with Crippen molar-refractivity contribution in [2.75, 3.05) is 9.80 Å². The maximum absolute atomic E-state index is 6.92. The van der Waals surface area contributed by atoms with Crippen LogP contribution in [0.25, 0.3) is 87.4 Å². The van der Waals surface area contributed by atoms with Gasteiger partial charge in [0.25, 0.3) is 0 Å². The third kappa shape index (κ3) is 6.59. The summed E-state index contributed by atoms with van der Waals surface area (Å²) in [5.74, 6) is 0. The SMILES string of the molecule is CC(C)(C)c1cccc2c1oc1c(N(c3ccccc3)c3ccc4cc5c(cc4c3)oc3cc4cc(N(c6ccccc6)c6cccc7c6oc6c(C(C)(C)C)cccc67)ccc4cc35)cccc12. The second kappa shape index (κ2) is 15.1. The Morgan fingerprint density at radius 2 is 0.681 bits per heavy atom. The van der Waals surface area contributed by atoms with E-state index >= 15 is 0 Å². The Kier molecular flexibility index (Phi) is 8.97.